The van der Waals surface area contributed by atoms with Crippen molar-refractivity contribution in [3.63, 3.8) is 0 Å². The molecule has 6 heteroatoms. The van der Waals surface area contributed by atoms with Gasteiger partial charge in [-0.3, -0.25) is 0 Å². The molecule has 102 valence electrons. The maximum Gasteiger partial charge on any atom is 0.243 e. The number of nitrogens with zero attached hydrogens (tertiary/aromatic N) is 3. The molecule has 3 rings (SSSR count). The van der Waals surface area contributed by atoms with Crippen molar-refractivity contribution in [1.29, 1.82) is 0 Å². The fraction of sp³-hybridized carbons (Fsp3) is 0.143. The van der Waals surface area contributed by atoms with E-state index in [0.717, 1.165) is 0 Å². The van der Waals surface area contributed by atoms with Gasteiger partial charge >= 0.3 is 0 Å². The Morgan fingerprint density at radius 1 is 1.20 bits per heavy atom. The van der Waals surface area contributed by atoms with Crippen LogP contribution in [0.2, 0.25) is 5.02 Å². The maximum absolute atomic E-state index is 13.4. The number of aromatic nitrogens is 3. The molecule has 0 unspecified atom stereocenters. The standard InChI is InChI=1S/C14H12ClFN4/c15-11-5-6-13-18-14(19-20(13)9-11)17-8-7-10-3-1-2-4-12(10)16/h1-6,9H,7-8H2,(H,17,19). The Balaban J connectivity index is 1.67. The highest BCUT2D eigenvalue weighted by atomic mass is 35.5. The van der Waals surface area contributed by atoms with Crippen molar-refractivity contribution in [1.82, 2.24) is 14.6 Å². The minimum atomic E-state index is -0.191. The second kappa shape index (κ2) is 5.46. The van der Waals surface area contributed by atoms with Crippen molar-refractivity contribution in [3.05, 3.63) is 59.0 Å². The van der Waals surface area contributed by atoms with E-state index in [0.29, 0.717) is 35.1 Å². The van der Waals surface area contributed by atoms with Gasteiger partial charge in [0, 0.05) is 12.7 Å². The van der Waals surface area contributed by atoms with Crippen LogP contribution in [0.5, 0.6) is 0 Å². The molecule has 4 nitrogen and oxygen atoms in total. The van der Waals surface area contributed by atoms with E-state index >= 15 is 0 Å². The fourth-order valence-corrected chi connectivity index (χ4v) is 2.10. The van der Waals surface area contributed by atoms with Gasteiger partial charge in [-0.2, -0.15) is 4.98 Å². The highest BCUT2D eigenvalue weighted by Crippen LogP contribution is 2.12. The van der Waals surface area contributed by atoms with E-state index in [9.17, 15) is 4.39 Å². The first kappa shape index (κ1) is 12.9. The van der Waals surface area contributed by atoms with E-state index in [4.69, 9.17) is 11.6 Å². The summed E-state index contributed by atoms with van der Waals surface area (Å²) >= 11 is 5.88. The number of halogens is 2. The third-order valence-corrected chi connectivity index (χ3v) is 3.15. The molecule has 0 amide bonds. The molecular weight excluding hydrogens is 279 g/mol. The van der Waals surface area contributed by atoms with Gasteiger partial charge in [-0.1, -0.05) is 29.8 Å². The molecule has 0 aliphatic heterocycles. The van der Waals surface area contributed by atoms with Crippen LogP contribution in [0.3, 0.4) is 0 Å². The quantitative estimate of drug-likeness (QED) is 0.802. The third kappa shape index (κ3) is 2.72. The van der Waals surface area contributed by atoms with Crippen molar-refractivity contribution >= 4 is 23.2 Å². The Morgan fingerprint density at radius 2 is 2.05 bits per heavy atom. The van der Waals surface area contributed by atoms with Gasteiger partial charge in [-0.25, -0.2) is 8.91 Å². The van der Waals surface area contributed by atoms with E-state index in [2.05, 4.69) is 15.4 Å². The summed E-state index contributed by atoms with van der Waals surface area (Å²) in [5.74, 6) is 0.313. The Labute approximate surface area is 120 Å². The minimum absolute atomic E-state index is 0.191. The highest BCUT2D eigenvalue weighted by Gasteiger charge is 2.04. The Morgan fingerprint density at radius 3 is 2.90 bits per heavy atom. The summed E-state index contributed by atoms with van der Waals surface area (Å²) in [5, 5.41) is 7.92. The van der Waals surface area contributed by atoms with E-state index in [1.54, 1.807) is 35.0 Å². The molecule has 0 fully saturated rings. The highest BCUT2D eigenvalue weighted by molar-refractivity contribution is 6.30. The van der Waals surface area contributed by atoms with Gasteiger partial charge in [0.05, 0.1) is 5.02 Å². The lowest BCUT2D eigenvalue weighted by molar-refractivity contribution is 0.610. The van der Waals surface area contributed by atoms with Crippen LogP contribution in [-0.2, 0) is 6.42 Å². The van der Waals surface area contributed by atoms with Crippen LogP contribution >= 0.6 is 11.6 Å². The lowest BCUT2D eigenvalue weighted by Gasteiger charge is -2.03. The molecule has 0 aliphatic rings. The average Bonchev–Trinajstić information content (AvgIpc) is 2.83. The topological polar surface area (TPSA) is 42.2 Å². The normalized spacial score (nSPS) is 10.9. The van der Waals surface area contributed by atoms with Crippen molar-refractivity contribution in [2.24, 2.45) is 0 Å². The zero-order chi connectivity index (χ0) is 13.9. The van der Waals surface area contributed by atoms with Crippen LogP contribution in [0.25, 0.3) is 5.65 Å². The van der Waals surface area contributed by atoms with E-state index < -0.39 is 0 Å². The maximum atomic E-state index is 13.4. The molecule has 0 atom stereocenters. The SMILES string of the molecule is Fc1ccccc1CCNc1nc2ccc(Cl)cn2n1. The van der Waals surface area contributed by atoms with Crippen LogP contribution < -0.4 is 5.32 Å². The molecule has 0 radical (unpaired) electrons. The monoisotopic (exact) mass is 290 g/mol. The number of hydrogen-bond donors (Lipinski definition) is 1. The van der Waals surface area contributed by atoms with Crippen LogP contribution in [0.15, 0.2) is 42.6 Å². The molecule has 1 N–H and O–H groups in total. The molecule has 0 saturated carbocycles. The summed E-state index contributed by atoms with van der Waals surface area (Å²) in [7, 11) is 0. The van der Waals surface area contributed by atoms with Crippen molar-refractivity contribution in [2.75, 3.05) is 11.9 Å². The van der Waals surface area contributed by atoms with Gasteiger partial charge in [0.1, 0.15) is 5.82 Å². The average molecular weight is 291 g/mol. The molecule has 0 spiro atoms. The first-order valence-corrected chi connectivity index (χ1v) is 6.59. The molecule has 0 aliphatic carbocycles. The summed E-state index contributed by atoms with van der Waals surface area (Å²) in [4.78, 5) is 4.30. The summed E-state index contributed by atoms with van der Waals surface area (Å²) in [6.45, 7) is 0.561. The molecule has 0 bridgehead atoms. The minimum Gasteiger partial charge on any atom is -0.353 e. The largest absolute Gasteiger partial charge is 0.353 e. The zero-order valence-corrected chi connectivity index (χ0v) is 11.3. The molecule has 2 heterocycles. The summed E-state index contributed by atoms with van der Waals surface area (Å²) in [5.41, 5.74) is 1.38. The van der Waals surface area contributed by atoms with Crippen LogP contribution in [0, 0.1) is 5.82 Å². The van der Waals surface area contributed by atoms with E-state index in [-0.39, 0.29) is 5.82 Å². The number of rotatable bonds is 4. The molecule has 3 aromatic rings. The Kier molecular flexibility index (Phi) is 3.52. The van der Waals surface area contributed by atoms with Crippen molar-refractivity contribution in [2.45, 2.75) is 6.42 Å². The first-order chi connectivity index (χ1) is 9.72. The number of benzene rings is 1. The Hall–Kier alpha value is -2.14. The first-order valence-electron chi connectivity index (χ1n) is 6.21. The lowest BCUT2D eigenvalue weighted by atomic mass is 10.1. The molecule has 1 aromatic carbocycles. The number of fused-ring (bicyclic) bond motifs is 1. The molecule has 0 saturated heterocycles. The molecule has 20 heavy (non-hydrogen) atoms. The lowest BCUT2D eigenvalue weighted by Crippen LogP contribution is -2.07. The van der Waals surface area contributed by atoms with Crippen LogP contribution in [-0.4, -0.2) is 21.1 Å². The van der Waals surface area contributed by atoms with Crippen LogP contribution in [0.1, 0.15) is 5.56 Å². The summed E-state index contributed by atoms with van der Waals surface area (Å²) < 4.78 is 15.1. The zero-order valence-electron chi connectivity index (χ0n) is 10.6. The smallest absolute Gasteiger partial charge is 0.243 e. The van der Waals surface area contributed by atoms with Gasteiger partial charge in [0.2, 0.25) is 5.95 Å². The predicted molar refractivity (Wildman–Crippen MR) is 76.6 cm³/mol. The van der Waals surface area contributed by atoms with Gasteiger partial charge in [0.15, 0.2) is 5.65 Å². The van der Waals surface area contributed by atoms with E-state index in [1.807, 2.05) is 6.07 Å². The van der Waals surface area contributed by atoms with E-state index in [1.165, 1.54) is 6.07 Å². The Bertz CT molecular complexity index is 741. The number of anilines is 1. The molecular formula is C14H12ClFN4. The number of nitrogens with one attached hydrogen (secondary N) is 1. The molecule has 2 aromatic heterocycles. The third-order valence-electron chi connectivity index (χ3n) is 2.93. The van der Waals surface area contributed by atoms with Gasteiger partial charge < -0.3 is 5.32 Å². The van der Waals surface area contributed by atoms with Crippen molar-refractivity contribution < 1.29 is 4.39 Å². The summed E-state index contributed by atoms with van der Waals surface area (Å²) in [6.07, 6.45) is 2.26. The second-order valence-electron chi connectivity index (χ2n) is 4.35. The van der Waals surface area contributed by atoms with Crippen molar-refractivity contribution in [3.8, 4) is 0 Å². The number of pyridine rings is 1. The van der Waals surface area contributed by atoms with Gasteiger partial charge in [-0.05, 0) is 30.2 Å². The fourth-order valence-electron chi connectivity index (χ4n) is 1.94. The second-order valence-corrected chi connectivity index (χ2v) is 4.79. The number of hydrogen-bond acceptors (Lipinski definition) is 3. The van der Waals surface area contributed by atoms with Gasteiger partial charge in [0.25, 0.3) is 0 Å². The summed E-state index contributed by atoms with van der Waals surface area (Å²) in [6, 6.07) is 10.3. The van der Waals surface area contributed by atoms with Crippen LogP contribution in [0.4, 0.5) is 10.3 Å². The van der Waals surface area contributed by atoms with Gasteiger partial charge in [-0.15, -0.1) is 5.10 Å². The predicted octanol–water partition coefficient (Wildman–Crippen LogP) is 3.18.